The van der Waals surface area contributed by atoms with Gasteiger partial charge in [0.2, 0.25) is 0 Å². The van der Waals surface area contributed by atoms with Crippen molar-refractivity contribution in [2.45, 2.75) is 0 Å². The van der Waals surface area contributed by atoms with Crippen LogP contribution in [0.1, 0.15) is 15.9 Å². The molecule has 0 bridgehead atoms. The van der Waals surface area contributed by atoms with E-state index in [1.165, 1.54) is 18.2 Å². The number of nitro groups is 1. The topological polar surface area (TPSA) is 60.2 Å². The van der Waals surface area contributed by atoms with E-state index in [4.69, 9.17) is 0 Å². The lowest BCUT2D eigenvalue weighted by atomic mass is 10.0. The quantitative estimate of drug-likeness (QED) is 0.485. The normalized spacial score (nSPS) is 10.2. The van der Waals surface area contributed by atoms with Gasteiger partial charge in [-0.1, -0.05) is 12.1 Å². The highest BCUT2D eigenvalue weighted by atomic mass is 19.1. The van der Waals surface area contributed by atoms with Crippen molar-refractivity contribution in [2.75, 3.05) is 0 Å². The van der Waals surface area contributed by atoms with Crippen LogP contribution in [0.4, 0.5) is 14.5 Å². The molecule has 0 aliphatic heterocycles. The van der Waals surface area contributed by atoms with Crippen molar-refractivity contribution in [2.24, 2.45) is 0 Å². The van der Waals surface area contributed by atoms with Crippen LogP contribution in [0.2, 0.25) is 0 Å². The van der Waals surface area contributed by atoms with Crippen molar-refractivity contribution in [3.05, 3.63) is 75.3 Å². The maximum absolute atomic E-state index is 13.6. The zero-order chi connectivity index (χ0) is 14.0. The molecule has 0 radical (unpaired) electrons. The molecule has 0 fully saturated rings. The van der Waals surface area contributed by atoms with Gasteiger partial charge in [0.1, 0.15) is 11.6 Å². The summed E-state index contributed by atoms with van der Waals surface area (Å²) in [6.07, 6.45) is 0. The third-order valence-electron chi connectivity index (χ3n) is 2.53. The molecule has 19 heavy (non-hydrogen) atoms. The van der Waals surface area contributed by atoms with Gasteiger partial charge in [0.15, 0.2) is 5.78 Å². The Labute approximate surface area is 106 Å². The summed E-state index contributed by atoms with van der Waals surface area (Å²) in [4.78, 5) is 21.6. The van der Waals surface area contributed by atoms with Crippen LogP contribution in [-0.4, -0.2) is 10.7 Å². The zero-order valence-corrected chi connectivity index (χ0v) is 9.47. The molecule has 0 atom stereocenters. The SMILES string of the molecule is O=C(c1ccccc1F)c1ccc([N+](=O)[O-])cc1F. The van der Waals surface area contributed by atoms with Crippen LogP contribution in [0.5, 0.6) is 0 Å². The third kappa shape index (κ3) is 2.47. The number of nitrogens with zero attached hydrogens (tertiary/aromatic N) is 1. The monoisotopic (exact) mass is 263 g/mol. The smallest absolute Gasteiger partial charge is 0.272 e. The maximum atomic E-state index is 13.6. The minimum atomic E-state index is -1.05. The van der Waals surface area contributed by atoms with Crippen LogP contribution in [0.3, 0.4) is 0 Å². The molecule has 4 nitrogen and oxygen atoms in total. The molecule has 0 aliphatic carbocycles. The van der Waals surface area contributed by atoms with Gasteiger partial charge in [-0.05, 0) is 18.2 Å². The van der Waals surface area contributed by atoms with Crippen LogP contribution in [0.15, 0.2) is 42.5 Å². The second kappa shape index (κ2) is 4.93. The predicted molar refractivity (Wildman–Crippen MR) is 62.9 cm³/mol. The van der Waals surface area contributed by atoms with Crippen molar-refractivity contribution in [1.82, 2.24) is 0 Å². The van der Waals surface area contributed by atoms with E-state index < -0.39 is 33.6 Å². The second-order valence-electron chi connectivity index (χ2n) is 3.73. The van der Waals surface area contributed by atoms with E-state index in [0.29, 0.717) is 6.07 Å². The van der Waals surface area contributed by atoms with E-state index in [1.807, 2.05) is 0 Å². The molecule has 2 aromatic carbocycles. The molecule has 0 saturated carbocycles. The number of nitro benzene ring substituents is 1. The fourth-order valence-electron chi connectivity index (χ4n) is 1.59. The Morgan fingerprint density at radius 1 is 1.00 bits per heavy atom. The molecule has 0 aromatic heterocycles. The van der Waals surface area contributed by atoms with Gasteiger partial charge in [0.25, 0.3) is 5.69 Å². The lowest BCUT2D eigenvalue weighted by Gasteiger charge is -2.03. The minimum absolute atomic E-state index is 0.282. The number of carbonyl (C=O) groups excluding carboxylic acids is 1. The molecule has 0 N–H and O–H groups in total. The first-order chi connectivity index (χ1) is 9.00. The number of halogens is 2. The molecule has 2 rings (SSSR count). The fraction of sp³-hybridized carbons (Fsp3) is 0. The Balaban J connectivity index is 2.46. The highest BCUT2D eigenvalue weighted by Gasteiger charge is 2.19. The average Bonchev–Trinajstić information content (AvgIpc) is 2.38. The highest BCUT2D eigenvalue weighted by Crippen LogP contribution is 2.20. The zero-order valence-electron chi connectivity index (χ0n) is 9.47. The summed E-state index contributed by atoms with van der Waals surface area (Å²) in [5.41, 5.74) is -1.16. The Bertz CT molecular complexity index is 671. The first-order valence-corrected chi connectivity index (χ1v) is 5.24. The average molecular weight is 263 g/mol. The van der Waals surface area contributed by atoms with Crippen molar-refractivity contribution < 1.29 is 18.5 Å². The Hall–Kier alpha value is -2.63. The minimum Gasteiger partial charge on any atom is -0.288 e. The summed E-state index contributed by atoms with van der Waals surface area (Å²) < 4.78 is 27.0. The molecular formula is C13H7F2NO3. The number of rotatable bonds is 3. The van der Waals surface area contributed by atoms with Crippen LogP contribution >= 0.6 is 0 Å². The second-order valence-corrected chi connectivity index (χ2v) is 3.73. The number of carbonyl (C=O) groups is 1. The van der Waals surface area contributed by atoms with Crippen molar-refractivity contribution in [3.63, 3.8) is 0 Å². The van der Waals surface area contributed by atoms with Crippen molar-refractivity contribution in [1.29, 1.82) is 0 Å². The van der Waals surface area contributed by atoms with Gasteiger partial charge < -0.3 is 0 Å². The molecule has 0 spiro atoms. The van der Waals surface area contributed by atoms with E-state index in [9.17, 15) is 23.7 Å². The molecule has 0 heterocycles. The van der Waals surface area contributed by atoms with Crippen LogP contribution in [0.25, 0.3) is 0 Å². The van der Waals surface area contributed by atoms with Gasteiger partial charge in [0.05, 0.1) is 22.1 Å². The first kappa shape index (κ1) is 12.8. The summed E-state index contributed by atoms with van der Waals surface area (Å²) in [6, 6.07) is 7.75. The van der Waals surface area contributed by atoms with Crippen LogP contribution in [0, 0.1) is 21.7 Å². The molecular weight excluding hydrogens is 256 g/mol. The van der Waals surface area contributed by atoms with E-state index >= 15 is 0 Å². The summed E-state index contributed by atoms with van der Waals surface area (Å²) in [5.74, 6) is -2.68. The van der Waals surface area contributed by atoms with Crippen LogP contribution in [-0.2, 0) is 0 Å². The van der Waals surface area contributed by atoms with Gasteiger partial charge in [0, 0.05) is 6.07 Å². The molecule has 0 amide bonds. The number of ketones is 1. The van der Waals surface area contributed by atoms with Gasteiger partial charge >= 0.3 is 0 Å². The molecule has 0 aliphatic rings. The largest absolute Gasteiger partial charge is 0.288 e. The third-order valence-corrected chi connectivity index (χ3v) is 2.53. The lowest BCUT2D eigenvalue weighted by Crippen LogP contribution is -2.07. The Kier molecular flexibility index (Phi) is 3.33. The number of non-ortho nitro benzene ring substituents is 1. The molecule has 2 aromatic rings. The van der Waals surface area contributed by atoms with Gasteiger partial charge in [-0.25, -0.2) is 8.78 Å². The van der Waals surface area contributed by atoms with Gasteiger partial charge in [-0.15, -0.1) is 0 Å². The summed E-state index contributed by atoms with van der Waals surface area (Å²) in [6.45, 7) is 0. The number of hydrogen-bond donors (Lipinski definition) is 0. The van der Waals surface area contributed by atoms with E-state index in [-0.39, 0.29) is 5.56 Å². The molecule has 0 saturated heterocycles. The molecule has 0 unspecified atom stereocenters. The number of benzene rings is 2. The van der Waals surface area contributed by atoms with E-state index in [0.717, 1.165) is 18.2 Å². The van der Waals surface area contributed by atoms with E-state index in [1.54, 1.807) is 0 Å². The summed E-state index contributed by atoms with van der Waals surface area (Å²) in [7, 11) is 0. The first-order valence-electron chi connectivity index (χ1n) is 5.24. The lowest BCUT2D eigenvalue weighted by molar-refractivity contribution is -0.385. The Morgan fingerprint density at radius 3 is 2.21 bits per heavy atom. The standard InChI is InChI=1S/C13H7F2NO3/c14-11-4-2-1-3-9(11)13(17)10-6-5-8(16(18)19)7-12(10)15/h1-7H. The maximum Gasteiger partial charge on any atom is 0.272 e. The molecule has 6 heteroatoms. The predicted octanol–water partition coefficient (Wildman–Crippen LogP) is 3.10. The van der Waals surface area contributed by atoms with Gasteiger partial charge in [-0.2, -0.15) is 0 Å². The van der Waals surface area contributed by atoms with Crippen molar-refractivity contribution >= 4 is 11.5 Å². The van der Waals surface area contributed by atoms with Crippen molar-refractivity contribution in [3.8, 4) is 0 Å². The Morgan fingerprint density at radius 2 is 1.63 bits per heavy atom. The number of hydrogen-bond acceptors (Lipinski definition) is 3. The molecule has 96 valence electrons. The summed E-state index contributed by atoms with van der Waals surface area (Å²) in [5, 5.41) is 10.5. The summed E-state index contributed by atoms with van der Waals surface area (Å²) >= 11 is 0. The highest BCUT2D eigenvalue weighted by molar-refractivity contribution is 6.09. The fourth-order valence-corrected chi connectivity index (χ4v) is 1.59. The van der Waals surface area contributed by atoms with Crippen LogP contribution < -0.4 is 0 Å². The van der Waals surface area contributed by atoms with Gasteiger partial charge in [-0.3, -0.25) is 14.9 Å². The van der Waals surface area contributed by atoms with E-state index in [2.05, 4.69) is 0 Å².